The Morgan fingerprint density at radius 1 is 1.19 bits per heavy atom. The lowest BCUT2D eigenvalue weighted by Gasteiger charge is -2.32. The number of piperazine rings is 1. The van der Waals surface area contributed by atoms with Crippen LogP contribution in [0.4, 0.5) is 10.1 Å². The highest BCUT2D eigenvalue weighted by molar-refractivity contribution is 7.88. The van der Waals surface area contributed by atoms with E-state index in [4.69, 9.17) is 0 Å². The van der Waals surface area contributed by atoms with E-state index in [0.29, 0.717) is 43.4 Å². The maximum absolute atomic E-state index is 12.9. The molecule has 1 N–H and O–H groups in total. The summed E-state index contributed by atoms with van der Waals surface area (Å²) in [6.07, 6.45) is 1.21. The molecule has 2 heterocycles. The molecule has 0 aliphatic carbocycles. The molecular formula is C15H18FN5O3S2. The number of halogens is 1. The number of carbonyl (C=O) groups is 1. The smallest absolute Gasteiger partial charge is 0.286 e. The number of sulfonamides is 1. The van der Waals surface area contributed by atoms with E-state index in [0.717, 1.165) is 0 Å². The number of aromatic nitrogens is 2. The van der Waals surface area contributed by atoms with Crippen LogP contribution in [-0.4, -0.2) is 66.2 Å². The SMILES string of the molecule is CS(=O)(=O)N1CCN(Cc2nnc(C(=O)Nc3ccc(F)cc3)s2)CC1. The van der Waals surface area contributed by atoms with Crippen LogP contribution in [0, 0.1) is 5.82 Å². The molecule has 2 aromatic rings. The fourth-order valence-electron chi connectivity index (χ4n) is 2.54. The molecular weight excluding hydrogens is 381 g/mol. The maximum atomic E-state index is 12.9. The predicted octanol–water partition coefficient (Wildman–Crippen LogP) is 1.01. The Bertz CT molecular complexity index is 877. The fraction of sp³-hybridized carbons (Fsp3) is 0.400. The number of hydrogen-bond donors (Lipinski definition) is 1. The third-order valence-corrected chi connectivity index (χ3v) is 6.13. The molecule has 0 bridgehead atoms. The monoisotopic (exact) mass is 399 g/mol. The van der Waals surface area contributed by atoms with Crippen LogP contribution in [0.25, 0.3) is 0 Å². The lowest BCUT2D eigenvalue weighted by Crippen LogP contribution is -2.47. The van der Waals surface area contributed by atoms with E-state index >= 15 is 0 Å². The van der Waals surface area contributed by atoms with E-state index in [9.17, 15) is 17.6 Å². The summed E-state index contributed by atoms with van der Waals surface area (Å²) in [5, 5.41) is 11.5. The van der Waals surface area contributed by atoms with E-state index in [-0.39, 0.29) is 10.8 Å². The molecule has 3 rings (SSSR count). The Balaban J connectivity index is 1.55. The lowest BCUT2D eigenvalue weighted by atomic mass is 10.3. The predicted molar refractivity (Wildman–Crippen MR) is 96.0 cm³/mol. The van der Waals surface area contributed by atoms with Gasteiger partial charge in [-0.2, -0.15) is 4.31 Å². The number of nitrogens with one attached hydrogen (secondary N) is 1. The van der Waals surface area contributed by atoms with E-state index in [2.05, 4.69) is 20.4 Å². The maximum Gasteiger partial charge on any atom is 0.286 e. The largest absolute Gasteiger partial charge is 0.320 e. The minimum absolute atomic E-state index is 0.221. The molecule has 1 saturated heterocycles. The van der Waals surface area contributed by atoms with Crippen LogP contribution >= 0.6 is 11.3 Å². The molecule has 8 nitrogen and oxygen atoms in total. The van der Waals surface area contributed by atoms with E-state index in [1.807, 2.05) is 0 Å². The highest BCUT2D eigenvalue weighted by Gasteiger charge is 2.24. The zero-order valence-electron chi connectivity index (χ0n) is 14.1. The third-order valence-electron chi connectivity index (χ3n) is 3.92. The molecule has 1 aromatic heterocycles. The van der Waals surface area contributed by atoms with Crippen molar-refractivity contribution in [2.75, 3.05) is 37.8 Å². The molecule has 0 atom stereocenters. The number of hydrogen-bond acceptors (Lipinski definition) is 7. The van der Waals surface area contributed by atoms with Crippen molar-refractivity contribution >= 4 is 33.0 Å². The van der Waals surface area contributed by atoms with Gasteiger partial charge in [-0.25, -0.2) is 12.8 Å². The number of amides is 1. The van der Waals surface area contributed by atoms with Crippen LogP contribution in [0.3, 0.4) is 0 Å². The average molecular weight is 399 g/mol. The molecule has 140 valence electrons. The quantitative estimate of drug-likeness (QED) is 0.806. The van der Waals surface area contributed by atoms with Gasteiger partial charge in [0.05, 0.1) is 12.8 Å². The van der Waals surface area contributed by atoms with Gasteiger partial charge in [-0.1, -0.05) is 11.3 Å². The molecule has 1 amide bonds. The van der Waals surface area contributed by atoms with Gasteiger partial charge in [0.25, 0.3) is 5.91 Å². The first kappa shape index (κ1) is 18.8. The summed E-state index contributed by atoms with van der Waals surface area (Å²) in [4.78, 5) is 14.2. The van der Waals surface area contributed by atoms with Crippen LogP contribution in [0.5, 0.6) is 0 Å². The molecule has 0 unspecified atom stereocenters. The van der Waals surface area contributed by atoms with Gasteiger partial charge in [0, 0.05) is 31.9 Å². The highest BCUT2D eigenvalue weighted by Crippen LogP contribution is 2.16. The summed E-state index contributed by atoms with van der Waals surface area (Å²) in [5.41, 5.74) is 0.477. The molecule has 1 aliphatic rings. The summed E-state index contributed by atoms with van der Waals surface area (Å²) in [6.45, 7) is 2.59. The number of rotatable bonds is 5. The highest BCUT2D eigenvalue weighted by atomic mass is 32.2. The first-order chi connectivity index (χ1) is 12.3. The van der Waals surface area contributed by atoms with Crippen molar-refractivity contribution < 1.29 is 17.6 Å². The normalized spacial score (nSPS) is 16.5. The van der Waals surface area contributed by atoms with Gasteiger partial charge >= 0.3 is 0 Å². The molecule has 1 fully saturated rings. The molecule has 0 saturated carbocycles. The molecule has 1 aromatic carbocycles. The first-order valence-electron chi connectivity index (χ1n) is 7.88. The van der Waals surface area contributed by atoms with Gasteiger partial charge in [0.2, 0.25) is 15.0 Å². The minimum atomic E-state index is -3.16. The Morgan fingerprint density at radius 3 is 2.46 bits per heavy atom. The summed E-state index contributed by atoms with van der Waals surface area (Å²) < 4.78 is 37.4. The van der Waals surface area contributed by atoms with E-state index < -0.39 is 15.9 Å². The zero-order valence-corrected chi connectivity index (χ0v) is 15.7. The lowest BCUT2D eigenvalue weighted by molar-refractivity contribution is 0.102. The number of nitrogens with zero attached hydrogens (tertiary/aromatic N) is 4. The van der Waals surface area contributed by atoms with Gasteiger partial charge in [0.15, 0.2) is 0 Å². The van der Waals surface area contributed by atoms with Crippen molar-refractivity contribution in [1.29, 1.82) is 0 Å². The minimum Gasteiger partial charge on any atom is -0.320 e. The van der Waals surface area contributed by atoms with Gasteiger partial charge < -0.3 is 5.32 Å². The van der Waals surface area contributed by atoms with Crippen molar-refractivity contribution in [2.45, 2.75) is 6.54 Å². The average Bonchev–Trinajstić information content (AvgIpc) is 3.05. The summed E-state index contributed by atoms with van der Waals surface area (Å²) in [5.74, 6) is -0.778. The molecule has 0 spiro atoms. The van der Waals surface area contributed by atoms with Crippen molar-refractivity contribution in [3.63, 3.8) is 0 Å². The molecule has 26 heavy (non-hydrogen) atoms. The van der Waals surface area contributed by atoms with Crippen molar-refractivity contribution in [3.05, 3.63) is 40.1 Å². The second kappa shape index (κ2) is 7.74. The zero-order chi connectivity index (χ0) is 18.7. The second-order valence-electron chi connectivity index (χ2n) is 5.90. The van der Waals surface area contributed by atoms with Crippen molar-refractivity contribution in [1.82, 2.24) is 19.4 Å². The summed E-state index contributed by atoms with van der Waals surface area (Å²) in [7, 11) is -3.16. The molecule has 0 radical (unpaired) electrons. The van der Waals surface area contributed by atoms with Gasteiger partial charge in [-0.05, 0) is 24.3 Å². The molecule has 11 heteroatoms. The van der Waals surface area contributed by atoms with Gasteiger partial charge in [-0.15, -0.1) is 10.2 Å². The summed E-state index contributed by atoms with van der Waals surface area (Å²) >= 11 is 1.18. The summed E-state index contributed by atoms with van der Waals surface area (Å²) in [6, 6.07) is 5.46. The van der Waals surface area contributed by atoms with Crippen LogP contribution in [-0.2, 0) is 16.6 Å². The van der Waals surface area contributed by atoms with Crippen LogP contribution in [0.1, 0.15) is 14.8 Å². The Hall–Kier alpha value is -1.95. The van der Waals surface area contributed by atoms with Crippen molar-refractivity contribution in [3.8, 4) is 0 Å². The van der Waals surface area contributed by atoms with Crippen LogP contribution in [0.15, 0.2) is 24.3 Å². The molecule has 1 aliphatic heterocycles. The van der Waals surface area contributed by atoms with E-state index in [1.165, 1.54) is 46.2 Å². The Morgan fingerprint density at radius 2 is 1.85 bits per heavy atom. The van der Waals surface area contributed by atoms with E-state index in [1.54, 1.807) is 0 Å². The standard InChI is InChI=1S/C15H18FN5O3S2/c1-26(23,24)21-8-6-20(7-9-21)10-13-18-19-15(25-13)14(22)17-12-4-2-11(16)3-5-12/h2-5H,6-10H2,1H3,(H,17,22). The van der Waals surface area contributed by atoms with Gasteiger partial charge in [-0.3, -0.25) is 9.69 Å². The Labute approximate surface area is 154 Å². The topological polar surface area (TPSA) is 95.5 Å². The van der Waals surface area contributed by atoms with Crippen LogP contribution < -0.4 is 5.32 Å². The third kappa shape index (κ3) is 4.81. The van der Waals surface area contributed by atoms with Crippen LogP contribution in [0.2, 0.25) is 0 Å². The van der Waals surface area contributed by atoms with Gasteiger partial charge in [0.1, 0.15) is 10.8 Å². The number of anilines is 1. The number of carbonyl (C=O) groups excluding carboxylic acids is 1. The van der Waals surface area contributed by atoms with Crippen molar-refractivity contribution in [2.24, 2.45) is 0 Å². The fourth-order valence-corrected chi connectivity index (χ4v) is 4.14. The Kier molecular flexibility index (Phi) is 5.61. The first-order valence-corrected chi connectivity index (χ1v) is 10.5. The second-order valence-corrected chi connectivity index (χ2v) is 8.94. The number of benzene rings is 1.